The van der Waals surface area contributed by atoms with Crippen LogP contribution in [0.1, 0.15) is 26.2 Å². The Morgan fingerprint density at radius 3 is 2.64 bits per heavy atom. The van der Waals surface area contributed by atoms with E-state index in [1.54, 1.807) is 6.08 Å². The average molecular weight is 188 g/mol. The second-order valence-corrected chi connectivity index (χ2v) is 4.16. The molecule has 3 rings (SSSR count). The van der Waals surface area contributed by atoms with E-state index in [1.165, 1.54) is 0 Å². The highest BCUT2D eigenvalue weighted by atomic mass is 16.1. The van der Waals surface area contributed by atoms with Crippen LogP contribution in [0, 0.1) is 11.3 Å². The smallest absolute Gasteiger partial charge is 0.169 e. The number of fused-ring (bicyclic) bond motifs is 1. The first-order valence-electron chi connectivity index (χ1n) is 5.38. The van der Waals surface area contributed by atoms with E-state index >= 15 is 0 Å². The summed E-state index contributed by atoms with van der Waals surface area (Å²) in [5, 5.41) is 0. The van der Waals surface area contributed by atoms with E-state index in [-0.39, 0.29) is 11.2 Å². The molecular weight excluding hydrogens is 172 g/mol. The van der Waals surface area contributed by atoms with Crippen molar-refractivity contribution in [3.8, 4) is 0 Å². The molecule has 0 N–H and O–H groups in total. The third-order valence-corrected chi connectivity index (χ3v) is 3.10. The van der Waals surface area contributed by atoms with E-state index in [1.807, 2.05) is 6.08 Å². The third kappa shape index (κ3) is 1.47. The van der Waals surface area contributed by atoms with Crippen molar-refractivity contribution in [1.82, 2.24) is 0 Å². The zero-order chi connectivity index (χ0) is 10.0. The van der Waals surface area contributed by atoms with Gasteiger partial charge in [-0.3, -0.25) is 4.79 Å². The molecule has 2 bridgehead atoms. The minimum absolute atomic E-state index is 0.249. The molecule has 0 spiro atoms. The Kier molecular flexibility index (Phi) is 2.40. The minimum atomic E-state index is -0.306. The normalized spacial score (nSPS) is 33.8. The number of carbonyl (C=O) groups is 1. The maximum absolute atomic E-state index is 11.9. The molecule has 0 saturated carbocycles. The maximum Gasteiger partial charge on any atom is 0.169 e. The highest BCUT2D eigenvalue weighted by Crippen LogP contribution is 2.37. The predicted octanol–water partition coefficient (Wildman–Crippen LogP) is 3.04. The van der Waals surface area contributed by atoms with E-state index in [4.69, 9.17) is 0 Å². The fraction of sp³-hybridized carbons (Fsp3) is 0.462. The Balaban J connectivity index is 2.27. The van der Waals surface area contributed by atoms with Crippen LogP contribution in [0.3, 0.4) is 0 Å². The van der Waals surface area contributed by atoms with Crippen LogP contribution in [0.2, 0.25) is 0 Å². The van der Waals surface area contributed by atoms with Crippen molar-refractivity contribution < 1.29 is 4.79 Å². The molecule has 0 aromatic carbocycles. The lowest BCUT2D eigenvalue weighted by Crippen LogP contribution is -2.25. The Bertz CT molecular complexity index is 306. The van der Waals surface area contributed by atoms with Crippen LogP contribution in [0.4, 0.5) is 0 Å². The van der Waals surface area contributed by atoms with Crippen LogP contribution in [0.15, 0.2) is 36.5 Å². The van der Waals surface area contributed by atoms with Gasteiger partial charge in [-0.1, -0.05) is 50.1 Å². The van der Waals surface area contributed by atoms with E-state index in [9.17, 15) is 4.79 Å². The van der Waals surface area contributed by atoms with Gasteiger partial charge < -0.3 is 0 Å². The van der Waals surface area contributed by atoms with Gasteiger partial charge in [0.15, 0.2) is 5.78 Å². The van der Waals surface area contributed by atoms with Gasteiger partial charge in [-0.2, -0.15) is 0 Å². The molecule has 0 aromatic heterocycles. The number of unbranched alkanes of at least 4 members (excludes halogenated alkanes) is 1. The maximum atomic E-state index is 11.9. The second-order valence-electron chi connectivity index (χ2n) is 4.16. The van der Waals surface area contributed by atoms with Crippen LogP contribution in [0.25, 0.3) is 0 Å². The van der Waals surface area contributed by atoms with E-state index in [0.717, 1.165) is 19.3 Å². The van der Waals surface area contributed by atoms with E-state index in [2.05, 4.69) is 31.2 Å². The van der Waals surface area contributed by atoms with Crippen LogP contribution < -0.4 is 0 Å². The highest BCUT2D eigenvalue weighted by molar-refractivity contribution is 5.99. The third-order valence-electron chi connectivity index (χ3n) is 3.10. The molecular formula is C13H16O. The molecule has 0 amide bonds. The lowest BCUT2D eigenvalue weighted by molar-refractivity contribution is -0.119. The van der Waals surface area contributed by atoms with Crippen molar-refractivity contribution in [2.75, 3.05) is 0 Å². The van der Waals surface area contributed by atoms with Gasteiger partial charge >= 0.3 is 0 Å². The minimum Gasteiger partial charge on any atom is -0.294 e. The van der Waals surface area contributed by atoms with Gasteiger partial charge in [0.1, 0.15) is 0 Å². The van der Waals surface area contributed by atoms with Gasteiger partial charge in [-0.15, -0.1) is 0 Å². The Morgan fingerprint density at radius 2 is 2.00 bits per heavy atom. The number of carbonyl (C=O) groups excluding carboxylic acids is 1. The summed E-state index contributed by atoms with van der Waals surface area (Å²) in [6.45, 7) is 2.16. The number of allylic oxidation sites excluding steroid dienone is 6. The Labute approximate surface area is 85.2 Å². The van der Waals surface area contributed by atoms with Gasteiger partial charge in [0.2, 0.25) is 0 Å². The van der Waals surface area contributed by atoms with Crippen molar-refractivity contribution in [3.05, 3.63) is 36.5 Å². The van der Waals surface area contributed by atoms with Crippen LogP contribution >= 0.6 is 0 Å². The lowest BCUT2D eigenvalue weighted by Gasteiger charge is -2.25. The number of ketones is 1. The van der Waals surface area contributed by atoms with Crippen molar-refractivity contribution >= 4 is 5.78 Å². The molecule has 0 unspecified atom stereocenters. The summed E-state index contributed by atoms with van der Waals surface area (Å²) >= 11 is 0. The Hall–Kier alpha value is -1.11. The summed E-state index contributed by atoms with van der Waals surface area (Å²) in [5.74, 6) is 0.592. The molecule has 1 heteroatoms. The van der Waals surface area contributed by atoms with Crippen LogP contribution in [-0.2, 0) is 4.79 Å². The van der Waals surface area contributed by atoms with Gasteiger partial charge in [0, 0.05) is 5.92 Å². The Morgan fingerprint density at radius 1 is 1.29 bits per heavy atom. The van der Waals surface area contributed by atoms with E-state index < -0.39 is 0 Å². The van der Waals surface area contributed by atoms with Crippen molar-refractivity contribution in [2.24, 2.45) is 11.3 Å². The molecule has 14 heavy (non-hydrogen) atoms. The number of hydrogen-bond donors (Lipinski definition) is 0. The fourth-order valence-electron chi connectivity index (χ4n) is 2.09. The average Bonchev–Trinajstić information content (AvgIpc) is 2.47. The summed E-state index contributed by atoms with van der Waals surface area (Å²) in [7, 11) is 0. The molecule has 0 aromatic rings. The van der Waals surface area contributed by atoms with Crippen LogP contribution in [-0.4, -0.2) is 5.78 Å². The zero-order valence-electron chi connectivity index (χ0n) is 8.57. The van der Waals surface area contributed by atoms with E-state index in [0.29, 0.717) is 5.92 Å². The molecule has 0 saturated heterocycles. The first kappa shape index (κ1) is 9.45. The number of hydrogen-bond acceptors (Lipinski definition) is 1. The summed E-state index contributed by atoms with van der Waals surface area (Å²) < 4.78 is 0. The predicted molar refractivity (Wildman–Crippen MR) is 57.9 cm³/mol. The molecule has 74 valence electrons. The first-order chi connectivity index (χ1) is 6.77. The standard InChI is InChI=1S/C13H16O/c1-2-3-8-13-9-6-11(7-10-13)4-5-12(13)14/h4-7,9-11H,2-3,8H2,1H3. The highest BCUT2D eigenvalue weighted by Gasteiger charge is 2.34. The van der Waals surface area contributed by atoms with Gasteiger partial charge in [-0.05, 0) is 12.5 Å². The molecule has 3 aliphatic rings. The molecule has 3 aliphatic carbocycles. The van der Waals surface area contributed by atoms with Gasteiger partial charge in [0.05, 0.1) is 5.41 Å². The molecule has 0 aliphatic heterocycles. The quantitative estimate of drug-likeness (QED) is 0.622. The summed E-state index contributed by atoms with van der Waals surface area (Å²) in [4.78, 5) is 11.9. The summed E-state index contributed by atoms with van der Waals surface area (Å²) in [5.41, 5.74) is -0.306. The molecule has 1 nitrogen and oxygen atoms in total. The largest absolute Gasteiger partial charge is 0.294 e. The monoisotopic (exact) mass is 188 g/mol. The summed E-state index contributed by atoms with van der Waals surface area (Å²) in [6.07, 6.45) is 15.4. The topological polar surface area (TPSA) is 17.1 Å². The molecule has 0 heterocycles. The van der Waals surface area contributed by atoms with Gasteiger partial charge in [-0.25, -0.2) is 0 Å². The molecule has 0 fully saturated rings. The first-order valence-corrected chi connectivity index (χ1v) is 5.38. The fourth-order valence-corrected chi connectivity index (χ4v) is 2.09. The lowest BCUT2D eigenvalue weighted by atomic mass is 9.76. The molecule has 0 radical (unpaired) electrons. The molecule has 0 atom stereocenters. The summed E-state index contributed by atoms with van der Waals surface area (Å²) in [6, 6.07) is 0. The van der Waals surface area contributed by atoms with Crippen molar-refractivity contribution in [1.29, 1.82) is 0 Å². The second kappa shape index (κ2) is 3.56. The number of rotatable bonds is 3. The SMILES string of the molecule is CCCCC12C=CC(C=CC1=O)C=C2. The van der Waals surface area contributed by atoms with Crippen molar-refractivity contribution in [2.45, 2.75) is 26.2 Å². The van der Waals surface area contributed by atoms with Gasteiger partial charge in [0.25, 0.3) is 0 Å². The van der Waals surface area contributed by atoms with Crippen LogP contribution in [0.5, 0.6) is 0 Å². The van der Waals surface area contributed by atoms with Crippen molar-refractivity contribution in [3.63, 3.8) is 0 Å². The zero-order valence-corrected chi connectivity index (χ0v) is 8.57.